The van der Waals surface area contributed by atoms with E-state index in [1.165, 1.54) is 180 Å². The fourth-order valence-electron chi connectivity index (χ4n) is 7.10. The molecule has 304 valence electrons. The summed E-state index contributed by atoms with van der Waals surface area (Å²) in [7, 11) is -4.31. The molecule has 1 amide bonds. The Kier molecular flexibility index (Phi) is 38.1. The van der Waals surface area contributed by atoms with Crippen LogP contribution in [0.2, 0.25) is 0 Å². The quantitative estimate of drug-likeness (QED) is 0.0329. The van der Waals surface area contributed by atoms with Gasteiger partial charge >= 0.3 is 0 Å². The molecule has 0 fully saturated rings. The zero-order chi connectivity index (χ0) is 37.5. The van der Waals surface area contributed by atoms with Crippen molar-refractivity contribution in [2.45, 2.75) is 257 Å². The fraction of sp³-hybridized carbons (Fsp3) is 0.932. The van der Waals surface area contributed by atoms with Crippen LogP contribution in [-0.2, 0) is 14.9 Å². The first-order valence-corrected chi connectivity index (χ1v) is 24.0. The lowest BCUT2D eigenvalue weighted by molar-refractivity contribution is -0.122. The van der Waals surface area contributed by atoms with Crippen molar-refractivity contribution in [3.05, 3.63) is 12.2 Å². The molecule has 0 aromatic rings. The molecule has 0 radical (unpaired) electrons. The van der Waals surface area contributed by atoms with Gasteiger partial charge in [-0.25, -0.2) is 0 Å². The van der Waals surface area contributed by atoms with Gasteiger partial charge in [-0.3, -0.25) is 9.35 Å². The van der Waals surface area contributed by atoms with Crippen LogP contribution in [0.15, 0.2) is 12.2 Å². The normalized spacial score (nSPS) is 13.3. The topological polar surface area (TPSA) is 104 Å². The average Bonchev–Trinajstić information content (AvgIpc) is 3.09. The van der Waals surface area contributed by atoms with Gasteiger partial charge in [-0.05, 0) is 38.5 Å². The van der Waals surface area contributed by atoms with E-state index in [2.05, 4.69) is 31.3 Å². The Morgan fingerprint density at radius 2 is 0.824 bits per heavy atom. The minimum absolute atomic E-state index is 0.243. The summed E-state index contributed by atoms with van der Waals surface area (Å²) in [5, 5.41) is 13.4. The zero-order valence-electron chi connectivity index (χ0n) is 34.0. The first-order valence-electron chi connectivity index (χ1n) is 22.4. The lowest BCUT2D eigenvalue weighted by atomic mass is 10.0. The highest BCUT2D eigenvalue weighted by molar-refractivity contribution is 7.85. The maximum Gasteiger partial charge on any atom is 0.266 e. The van der Waals surface area contributed by atoms with Crippen LogP contribution in [0.1, 0.15) is 245 Å². The monoisotopic (exact) mass is 742 g/mol. The fourth-order valence-corrected chi connectivity index (χ4v) is 7.86. The van der Waals surface area contributed by atoms with Gasteiger partial charge in [-0.15, -0.1) is 0 Å². The van der Waals surface area contributed by atoms with Gasteiger partial charge in [0.1, 0.15) is 0 Å². The van der Waals surface area contributed by atoms with E-state index < -0.39 is 28.0 Å². The van der Waals surface area contributed by atoms with Gasteiger partial charge in [0.2, 0.25) is 5.91 Å². The van der Waals surface area contributed by atoms with E-state index in [9.17, 15) is 22.9 Å². The van der Waals surface area contributed by atoms with Crippen LogP contribution in [0.3, 0.4) is 0 Å². The smallest absolute Gasteiger partial charge is 0.266 e. The molecule has 0 heterocycles. The number of aliphatic hydroxyl groups excluding tert-OH is 1. The Hall–Kier alpha value is -0.920. The van der Waals surface area contributed by atoms with Crippen LogP contribution >= 0.6 is 0 Å². The Labute approximate surface area is 318 Å². The molecule has 2 atom stereocenters. The van der Waals surface area contributed by atoms with Crippen LogP contribution in [0.5, 0.6) is 0 Å². The summed E-state index contributed by atoms with van der Waals surface area (Å²) in [6.07, 6.45) is 47.4. The first kappa shape index (κ1) is 50.1. The van der Waals surface area contributed by atoms with Crippen LogP contribution in [-0.4, -0.2) is 41.9 Å². The van der Waals surface area contributed by atoms with Gasteiger partial charge in [0.05, 0.1) is 17.9 Å². The SMILES string of the molecule is CCCCCCCCCC/C=C\CCCCCCCCCCCCCC(=O)NC(CS(=O)(=O)O)C(O)CCCCCCCCCCCCCCC. The molecule has 0 bridgehead atoms. The lowest BCUT2D eigenvalue weighted by Crippen LogP contribution is -2.47. The molecular weight excluding hydrogens is 655 g/mol. The summed E-state index contributed by atoms with van der Waals surface area (Å²) < 4.78 is 32.6. The van der Waals surface area contributed by atoms with Crippen molar-refractivity contribution < 1.29 is 22.9 Å². The summed E-state index contributed by atoms with van der Waals surface area (Å²) in [4.78, 5) is 12.5. The maximum atomic E-state index is 12.5. The summed E-state index contributed by atoms with van der Waals surface area (Å²) in [5.74, 6) is -0.888. The Morgan fingerprint density at radius 3 is 1.18 bits per heavy atom. The van der Waals surface area contributed by atoms with E-state index in [-0.39, 0.29) is 5.91 Å². The zero-order valence-corrected chi connectivity index (χ0v) is 34.8. The van der Waals surface area contributed by atoms with E-state index in [4.69, 9.17) is 0 Å². The van der Waals surface area contributed by atoms with E-state index in [1.807, 2.05) is 0 Å². The molecule has 51 heavy (non-hydrogen) atoms. The minimum atomic E-state index is -4.31. The molecule has 0 rings (SSSR count). The number of rotatable bonds is 41. The molecule has 0 spiro atoms. The molecule has 2 unspecified atom stereocenters. The Morgan fingerprint density at radius 1 is 0.510 bits per heavy atom. The standard InChI is InChI=1S/C44H87NO5S/c1-3-5-7-9-11-13-15-17-18-19-20-21-22-23-24-25-26-28-30-32-34-36-38-40-44(47)45-42(41-51(48,49)50)43(46)39-37-35-33-31-29-27-16-14-12-10-8-6-4-2/h19-20,42-43,46H,3-18,21-41H2,1-2H3,(H,45,47)(H,48,49,50)/b20-19-. The third kappa shape index (κ3) is 40.1. The van der Waals surface area contributed by atoms with Gasteiger partial charge in [-0.1, -0.05) is 212 Å². The van der Waals surface area contributed by atoms with Crippen molar-refractivity contribution >= 4 is 16.0 Å². The van der Waals surface area contributed by atoms with Crippen molar-refractivity contribution in [1.29, 1.82) is 0 Å². The molecule has 0 aromatic heterocycles. The van der Waals surface area contributed by atoms with Gasteiger partial charge in [-0.2, -0.15) is 8.42 Å². The third-order valence-corrected chi connectivity index (χ3v) is 11.3. The van der Waals surface area contributed by atoms with Crippen molar-refractivity contribution in [3.8, 4) is 0 Å². The van der Waals surface area contributed by atoms with E-state index in [0.29, 0.717) is 12.8 Å². The summed E-state index contributed by atoms with van der Waals surface area (Å²) in [5.41, 5.74) is 0. The summed E-state index contributed by atoms with van der Waals surface area (Å²) >= 11 is 0. The highest BCUT2D eigenvalue weighted by Gasteiger charge is 2.26. The van der Waals surface area contributed by atoms with Crippen LogP contribution in [0, 0.1) is 0 Å². The summed E-state index contributed by atoms with van der Waals surface area (Å²) in [6.45, 7) is 4.53. The molecule has 6 nitrogen and oxygen atoms in total. The largest absolute Gasteiger partial charge is 0.391 e. The number of hydrogen-bond acceptors (Lipinski definition) is 4. The minimum Gasteiger partial charge on any atom is -0.391 e. The van der Waals surface area contributed by atoms with Crippen LogP contribution in [0.25, 0.3) is 0 Å². The lowest BCUT2D eigenvalue weighted by Gasteiger charge is -2.23. The van der Waals surface area contributed by atoms with E-state index >= 15 is 0 Å². The van der Waals surface area contributed by atoms with Gasteiger partial charge < -0.3 is 10.4 Å². The second-order valence-corrected chi connectivity index (χ2v) is 17.2. The maximum absolute atomic E-state index is 12.5. The van der Waals surface area contributed by atoms with Crippen molar-refractivity contribution in [2.24, 2.45) is 0 Å². The number of nitrogens with one attached hydrogen (secondary N) is 1. The molecule has 3 N–H and O–H groups in total. The second kappa shape index (κ2) is 38.8. The first-order chi connectivity index (χ1) is 24.8. The molecule has 7 heteroatoms. The van der Waals surface area contributed by atoms with Gasteiger partial charge in [0.15, 0.2) is 0 Å². The van der Waals surface area contributed by atoms with Crippen molar-refractivity contribution in [3.63, 3.8) is 0 Å². The third-order valence-electron chi connectivity index (χ3n) is 10.5. The highest BCUT2D eigenvalue weighted by atomic mass is 32.2. The number of carbonyl (C=O) groups excluding carboxylic acids is 1. The molecule has 0 aliphatic carbocycles. The van der Waals surface area contributed by atoms with Crippen molar-refractivity contribution in [2.75, 3.05) is 5.75 Å². The number of unbranched alkanes of at least 4 members (excludes halogenated alkanes) is 31. The molecule has 0 aliphatic heterocycles. The number of hydrogen-bond donors (Lipinski definition) is 3. The molecule has 0 saturated heterocycles. The molecular formula is C44H87NO5S. The molecule has 0 aromatic carbocycles. The van der Waals surface area contributed by atoms with Crippen LogP contribution < -0.4 is 5.32 Å². The number of carbonyl (C=O) groups is 1. The average molecular weight is 742 g/mol. The predicted octanol–water partition coefficient (Wildman–Crippen LogP) is 13.4. The molecule has 0 aliphatic rings. The number of allylic oxidation sites excluding steroid dienone is 2. The Bertz CT molecular complexity index is 862. The van der Waals surface area contributed by atoms with Crippen LogP contribution in [0.4, 0.5) is 0 Å². The highest BCUT2D eigenvalue weighted by Crippen LogP contribution is 2.16. The van der Waals surface area contributed by atoms with E-state index in [0.717, 1.165) is 38.5 Å². The number of aliphatic hydroxyl groups is 1. The number of amides is 1. The predicted molar refractivity (Wildman–Crippen MR) is 221 cm³/mol. The van der Waals surface area contributed by atoms with E-state index in [1.54, 1.807) is 0 Å². The van der Waals surface area contributed by atoms with Gasteiger partial charge in [0, 0.05) is 6.42 Å². The van der Waals surface area contributed by atoms with Crippen molar-refractivity contribution in [1.82, 2.24) is 5.32 Å². The second-order valence-electron chi connectivity index (χ2n) is 15.7. The Balaban J connectivity index is 3.75. The van der Waals surface area contributed by atoms with Gasteiger partial charge in [0.25, 0.3) is 10.1 Å². The molecule has 0 saturated carbocycles. The summed E-state index contributed by atoms with van der Waals surface area (Å²) in [6, 6.07) is -0.967.